The number of benzene rings is 1. The first-order valence-corrected chi connectivity index (χ1v) is 7.45. The quantitative estimate of drug-likeness (QED) is 0.592. The summed E-state index contributed by atoms with van der Waals surface area (Å²) in [6, 6.07) is 11.8. The Balaban J connectivity index is 1.95. The first kappa shape index (κ1) is 15.1. The molecule has 0 aliphatic rings. The highest BCUT2D eigenvalue weighted by Gasteiger charge is 2.08. The standard InChI is InChI=1S/C16H16N6S/c1-21(2)14-7-5-13(6-8-14)15-19-20-16(23)22(15)18-11-12-4-3-9-17-10-12/h3-11H,1-2H3,(H,20,23). The predicted octanol–water partition coefficient (Wildman–Crippen LogP) is 2.95. The second-order valence-electron chi connectivity index (χ2n) is 5.14. The highest BCUT2D eigenvalue weighted by Crippen LogP contribution is 2.21. The lowest BCUT2D eigenvalue weighted by atomic mass is 10.2. The van der Waals surface area contributed by atoms with E-state index in [9.17, 15) is 0 Å². The molecule has 0 aliphatic heterocycles. The molecule has 0 spiro atoms. The zero-order chi connectivity index (χ0) is 16.2. The van der Waals surface area contributed by atoms with Gasteiger partial charge in [-0.05, 0) is 42.5 Å². The van der Waals surface area contributed by atoms with Gasteiger partial charge in [0.15, 0.2) is 5.82 Å². The topological polar surface area (TPSA) is 62.1 Å². The monoisotopic (exact) mass is 324 g/mol. The first-order chi connectivity index (χ1) is 11.1. The molecule has 0 aliphatic carbocycles. The smallest absolute Gasteiger partial charge is 0.216 e. The molecule has 0 radical (unpaired) electrons. The fourth-order valence-corrected chi connectivity index (χ4v) is 2.25. The summed E-state index contributed by atoms with van der Waals surface area (Å²) in [7, 11) is 4.01. The van der Waals surface area contributed by atoms with Crippen LogP contribution >= 0.6 is 12.2 Å². The molecule has 2 aromatic heterocycles. The molecule has 3 rings (SSSR count). The van der Waals surface area contributed by atoms with Gasteiger partial charge < -0.3 is 4.90 Å². The van der Waals surface area contributed by atoms with Crippen LogP contribution in [0, 0.1) is 4.77 Å². The average molecular weight is 324 g/mol. The van der Waals surface area contributed by atoms with Crippen LogP contribution in [-0.4, -0.2) is 40.2 Å². The van der Waals surface area contributed by atoms with Gasteiger partial charge in [0.1, 0.15) is 0 Å². The molecule has 7 heteroatoms. The zero-order valence-electron chi connectivity index (χ0n) is 12.8. The summed E-state index contributed by atoms with van der Waals surface area (Å²) in [5, 5.41) is 11.5. The maximum Gasteiger partial charge on any atom is 0.216 e. The number of H-pyrrole nitrogens is 1. The normalized spacial score (nSPS) is 11.0. The summed E-state index contributed by atoms with van der Waals surface area (Å²) >= 11 is 5.26. The minimum atomic E-state index is 0.442. The Labute approximate surface area is 139 Å². The van der Waals surface area contributed by atoms with Gasteiger partial charge in [-0.25, -0.2) is 5.10 Å². The van der Waals surface area contributed by atoms with Crippen LogP contribution < -0.4 is 4.90 Å². The van der Waals surface area contributed by atoms with Crippen LogP contribution in [0.25, 0.3) is 11.4 Å². The molecule has 3 aromatic rings. The average Bonchev–Trinajstić information content (AvgIpc) is 2.95. The summed E-state index contributed by atoms with van der Waals surface area (Å²) in [5.74, 6) is 0.667. The molecule has 23 heavy (non-hydrogen) atoms. The summed E-state index contributed by atoms with van der Waals surface area (Å²) < 4.78 is 2.05. The van der Waals surface area contributed by atoms with Gasteiger partial charge in [0.05, 0.1) is 6.21 Å². The van der Waals surface area contributed by atoms with E-state index in [1.54, 1.807) is 23.3 Å². The first-order valence-electron chi connectivity index (χ1n) is 7.05. The highest BCUT2D eigenvalue weighted by atomic mass is 32.1. The van der Waals surface area contributed by atoms with E-state index >= 15 is 0 Å². The largest absolute Gasteiger partial charge is 0.378 e. The summed E-state index contributed by atoms with van der Waals surface area (Å²) in [6.45, 7) is 0. The summed E-state index contributed by atoms with van der Waals surface area (Å²) in [5.41, 5.74) is 2.95. The maximum atomic E-state index is 5.26. The van der Waals surface area contributed by atoms with Gasteiger partial charge in [-0.1, -0.05) is 6.07 Å². The molecule has 116 valence electrons. The third-order valence-corrected chi connectivity index (χ3v) is 3.56. The molecule has 1 aromatic carbocycles. The fraction of sp³-hybridized carbons (Fsp3) is 0.125. The van der Waals surface area contributed by atoms with Crippen molar-refractivity contribution in [2.45, 2.75) is 0 Å². The van der Waals surface area contributed by atoms with Crippen molar-refractivity contribution >= 4 is 24.1 Å². The number of hydrogen-bond acceptors (Lipinski definition) is 5. The van der Waals surface area contributed by atoms with Gasteiger partial charge in [-0.15, -0.1) is 0 Å². The number of nitrogens with one attached hydrogen (secondary N) is 1. The minimum absolute atomic E-state index is 0.442. The van der Waals surface area contributed by atoms with Gasteiger partial charge in [0, 0.05) is 43.3 Å². The lowest BCUT2D eigenvalue weighted by molar-refractivity contribution is 0.871. The second-order valence-corrected chi connectivity index (χ2v) is 5.52. The van der Waals surface area contributed by atoms with E-state index in [0.29, 0.717) is 10.6 Å². The molecule has 2 heterocycles. The lowest BCUT2D eigenvalue weighted by Crippen LogP contribution is -2.08. The van der Waals surface area contributed by atoms with Crippen LogP contribution in [-0.2, 0) is 0 Å². The van der Waals surface area contributed by atoms with E-state index in [1.165, 1.54) is 0 Å². The van der Waals surface area contributed by atoms with Gasteiger partial charge in [0.25, 0.3) is 0 Å². The van der Waals surface area contributed by atoms with Crippen molar-refractivity contribution in [3.8, 4) is 11.4 Å². The fourth-order valence-electron chi connectivity index (χ4n) is 2.07. The van der Waals surface area contributed by atoms with Gasteiger partial charge in [-0.3, -0.25) is 4.98 Å². The zero-order valence-corrected chi connectivity index (χ0v) is 13.7. The number of rotatable bonds is 4. The molecule has 0 fully saturated rings. The Morgan fingerprint density at radius 1 is 1.22 bits per heavy atom. The van der Waals surface area contributed by atoms with Crippen LogP contribution in [0.5, 0.6) is 0 Å². The van der Waals surface area contributed by atoms with E-state index in [2.05, 4.69) is 20.3 Å². The van der Waals surface area contributed by atoms with Crippen LogP contribution in [0.1, 0.15) is 5.56 Å². The molecule has 0 atom stereocenters. The van der Waals surface area contributed by atoms with E-state index in [-0.39, 0.29) is 0 Å². The lowest BCUT2D eigenvalue weighted by Gasteiger charge is -2.12. The molecule has 0 bridgehead atoms. The van der Waals surface area contributed by atoms with Crippen molar-refractivity contribution in [1.29, 1.82) is 0 Å². The summed E-state index contributed by atoms with van der Waals surface area (Å²) in [6.07, 6.45) is 5.16. The predicted molar refractivity (Wildman–Crippen MR) is 94.4 cm³/mol. The van der Waals surface area contributed by atoms with E-state index in [0.717, 1.165) is 16.8 Å². The Morgan fingerprint density at radius 2 is 2.00 bits per heavy atom. The molecular formula is C16H16N6S. The van der Waals surface area contributed by atoms with Crippen molar-refractivity contribution in [3.05, 3.63) is 59.1 Å². The molecule has 0 saturated carbocycles. The third kappa shape index (κ3) is 3.35. The number of nitrogens with zero attached hydrogens (tertiary/aromatic N) is 5. The molecule has 0 amide bonds. The van der Waals surface area contributed by atoms with Gasteiger partial charge in [-0.2, -0.15) is 14.9 Å². The number of aromatic amines is 1. The van der Waals surface area contributed by atoms with Gasteiger partial charge >= 0.3 is 0 Å². The summed E-state index contributed by atoms with van der Waals surface area (Å²) in [4.78, 5) is 6.10. The molecule has 6 nitrogen and oxygen atoms in total. The highest BCUT2D eigenvalue weighted by molar-refractivity contribution is 7.71. The second kappa shape index (κ2) is 6.53. The van der Waals surface area contributed by atoms with Crippen molar-refractivity contribution in [3.63, 3.8) is 0 Å². The molecule has 0 saturated heterocycles. The molecule has 0 unspecified atom stereocenters. The van der Waals surface area contributed by atoms with Crippen molar-refractivity contribution < 1.29 is 0 Å². The Hall–Kier alpha value is -2.80. The SMILES string of the molecule is CN(C)c1ccc(-c2n[nH]c(=S)n2N=Cc2cccnc2)cc1. The van der Waals surface area contributed by atoms with Gasteiger partial charge in [0.2, 0.25) is 4.77 Å². The number of hydrogen-bond donors (Lipinski definition) is 1. The Bertz CT molecular complexity index is 862. The minimum Gasteiger partial charge on any atom is -0.378 e. The number of aromatic nitrogens is 4. The maximum absolute atomic E-state index is 5.26. The van der Waals surface area contributed by atoms with E-state index in [1.807, 2.05) is 55.4 Å². The van der Waals surface area contributed by atoms with E-state index < -0.39 is 0 Å². The van der Waals surface area contributed by atoms with Crippen LogP contribution in [0.4, 0.5) is 5.69 Å². The third-order valence-electron chi connectivity index (χ3n) is 3.30. The molecular weight excluding hydrogens is 308 g/mol. The van der Waals surface area contributed by atoms with Crippen molar-refractivity contribution in [1.82, 2.24) is 19.9 Å². The van der Waals surface area contributed by atoms with Crippen LogP contribution in [0.3, 0.4) is 0 Å². The van der Waals surface area contributed by atoms with Crippen molar-refractivity contribution in [2.75, 3.05) is 19.0 Å². The Kier molecular flexibility index (Phi) is 4.29. The van der Waals surface area contributed by atoms with Crippen LogP contribution in [0.2, 0.25) is 0 Å². The number of anilines is 1. The van der Waals surface area contributed by atoms with E-state index in [4.69, 9.17) is 12.2 Å². The number of pyridine rings is 1. The Morgan fingerprint density at radius 3 is 2.65 bits per heavy atom. The van der Waals surface area contributed by atoms with Crippen molar-refractivity contribution in [2.24, 2.45) is 5.10 Å². The van der Waals surface area contributed by atoms with Crippen LogP contribution in [0.15, 0.2) is 53.9 Å². The molecule has 1 N–H and O–H groups in total.